The first-order valence-electron chi connectivity index (χ1n) is 11.3. The highest BCUT2D eigenvalue weighted by Crippen LogP contribution is 2.38. The van der Waals surface area contributed by atoms with Gasteiger partial charge in [0.1, 0.15) is 11.9 Å². The van der Waals surface area contributed by atoms with E-state index in [-0.39, 0.29) is 16.8 Å². The van der Waals surface area contributed by atoms with Crippen LogP contribution in [-0.4, -0.2) is 35.4 Å². The number of nitrogens with zero attached hydrogens (tertiary/aromatic N) is 6. The Balaban J connectivity index is 1.59. The maximum Gasteiger partial charge on any atom is 0.294 e. The molecule has 1 aliphatic heterocycles. The number of nitro groups is 1. The van der Waals surface area contributed by atoms with Gasteiger partial charge in [-0.2, -0.15) is 0 Å². The van der Waals surface area contributed by atoms with Gasteiger partial charge in [0.15, 0.2) is 0 Å². The van der Waals surface area contributed by atoms with Crippen molar-refractivity contribution in [2.24, 2.45) is 0 Å². The summed E-state index contributed by atoms with van der Waals surface area (Å²) in [6.45, 7) is 2.60. The smallest absolute Gasteiger partial charge is 0.294 e. The van der Waals surface area contributed by atoms with Crippen molar-refractivity contribution in [2.75, 3.05) is 6.61 Å². The molecule has 170 valence electrons. The Morgan fingerprint density at radius 3 is 2.85 bits per heavy atom. The van der Waals surface area contributed by atoms with E-state index in [0.29, 0.717) is 23.5 Å². The van der Waals surface area contributed by atoms with Crippen LogP contribution in [0, 0.1) is 17.0 Å². The van der Waals surface area contributed by atoms with Crippen molar-refractivity contribution < 1.29 is 9.66 Å². The Morgan fingerprint density at radius 1 is 1.15 bits per heavy atom. The fraction of sp³-hybridized carbons (Fsp3) is 0.240. The van der Waals surface area contributed by atoms with Gasteiger partial charge in [0.25, 0.3) is 5.69 Å². The van der Waals surface area contributed by atoms with Crippen LogP contribution < -0.4 is 0 Å². The van der Waals surface area contributed by atoms with Crippen LogP contribution in [0.1, 0.15) is 31.2 Å². The summed E-state index contributed by atoms with van der Waals surface area (Å²) in [5.74, 6) is 0.540. The van der Waals surface area contributed by atoms with Crippen molar-refractivity contribution in [3.05, 3.63) is 76.9 Å². The molecule has 9 nitrogen and oxygen atoms in total. The van der Waals surface area contributed by atoms with Crippen LogP contribution in [0.15, 0.2) is 61.1 Å². The van der Waals surface area contributed by atoms with Crippen molar-refractivity contribution in [1.82, 2.24) is 23.9 Å². The normalized spacial score (nSPS) is 16.3. The van der Waals surface area contributed by atoms with Crippen LogP contribution in [-0.2, 0) is 4.74 Å². The lowest BCUT2D eigenvalue weighted by Crippen LogP contribution is -2.17. The highest BCUT2D eigenvalue weighted by molar-refractivity contribution is 5.94. The second-order valence-corrected chi connectivity index (χ2v) is 8.49. The van der Waals surface area contributed by atoms with E-state index in [9.17, 15) is 10.1 Å². The third kappa shape index (κ3) is 3.32. The van der Waals surface area contributed by atoms with Gasteiger partial charge in [-0.3, -0.25) is 19.5 Å². The zero-order valence-electron chi connectivity index (χ0n) is 18.6. The molecular formula is C25H22N6O3. The van der Waals surface area contributed by atoms with E-state index in [2.05, 4.69) is 9.97 Å². The lowest BCUT2D eigenvalue weighted by atomic mass is 10.1. The molecule has 0 N–H and O–H groups in total. The molecule has 0 amide bonds. The number of ether oxygens (including phenoxy) is 1. The van der Waals surface area contributed by atoms with Gasteiger partial charge >= 0.3 is 0 Å². The summed E-state index contributed by atoms with van der Waals surface area (Å²) >= 11 is 0. The molecule has 0 radical (unpaired) electrons. The Kier molecular flexibility index (Phi) is 4.84. The maximum atomic E-state index is 12.0. The molecule has 1 fully saturated rings. The van der Waals surface area contributed by atoms with Crippen LogP contribution in [0.3, 0.4) is 0 Å². The first-order chi connectivity index (χ1) is 16.6. The minimum absolute atomic E-state index is 0.0631. The van der Waals surface area contributed by atoms with Crippen molar-refractivity contribution >= 4 is 22.4 Å². The molecule has 1 atom stereocenters. The third-order valence-corrected chi connectivity index (χ3v) is 6.28. The van der Waals surface area contributed by atoms with Gasteiger partial charge in [-0.15, -0.1) is 0 Å². The maximum absolute atomic E-state index is 12.0. The highest BCUT2D eigenvalue weighted by Gasteiger charge is 2.26. The Morgan fingerprint density at radius 2 is 2.06 bits per heavy atom. The molecule has 0 spiro atoms. The molecule has 1 aromatic carbocycles. The number of benzene rings is 1. The van der Waals surface area contributed by atoms with Crippen LogP contribution in [0.25, 0.3) is 39.3 Å². The lowest BCUT2D eigenvalue weighted by molar-refractivity contribution is -0.383. The molecule has 34 heavy (non-hydrogen) atoms. The topological polar surface area (TPSA) is 100 Å². The standard InChI is InChI=1S/C25H22N6O3/c1-16-6-4-7-19(27-16)23-24(29-12-5-11-26-25(29)28-23)17-9-10-20-18(14-17)21(31(32)33)15-30(20)22-8-2-3-13-34-22/h4-7,9-12,14-15,22H,2-3,8,13H2,1H3. The predicted octanol–water partition coefficient (Wildman–Crippen LogP) is 5.33. The highest BCUT2D eigenvalue weighted by atomic mass is 16.6. The zero-order valence-corrected chi connectivity index (χ0v) is 18.6. The molecule has 1 saturated heterocycles. The first kappa shape index (κ1) is 20.5. The molecule has 0 saturated carbocycles. The SMILES string of the molecule is Cc1cccc(-c2nc3ncccn3c2-c2ccc3c(c2)c([N+](=O)[O-])cn3C2CCCCO2)n1. The summed E-state index contributed by atoms with van der Waals surface area (Å²) in [4.78, 5) is 25.4. The summed E-state index contributed by atoms with van der Waals surface area (Å²) < 4.78 is 9.72. The van der Waals surface area contributed by atoms with Gasteiger partial charge in [0.05, 0.1) is 33.4 Å². The van der Waals surface area contributed by atoms with Gasteiger partial charge in [-0.1, -0.05) is 12.1 Å². The van der Waals surface area contributed by atoms with E-state index in [0.717, 1.165) is 47.4 Å². The van der Waals surface area contributed by atoms with Gasteiger partial charge < -0.3 is 9.30 Å². The van der Waals surface area contributed by atoms with E-state index >= 15 is 0 Å². The molecule has 6 rings (SSSR count). The van der Waals surface area contributed by atoms with Crippen molar-refractivity contribution in [3.8, 4) is 22.6 Å². The third-order valence-electron chi connectivity index (χ3n) is 6.28. The van der Waals surface area contributed by atoms with Gasteiger partial charge in [-0.05, 0) is 56.5 Å². The van der Waals surface area contributed by atoms with Crippen LogP contribution in [0.2, 0.25) is 0 Å². The van der Waals surface area contributed by atoms with E-state index in [1.54, 1.807) is 12.4 Å². The summed E-state index contributed by atoms with van der Waals surface area (Å²) in [6.07, 6.45) is 7.89. The molecule has 5 heterocycles. The second kappa shape index (κ2) is 8.03. The van der Waals surface area contributed by atoms with Crippen LogP contribution in [0.5, 0.6) is 0 Å². The quantitative estimate of drug-likeness (QED) is 0.269. The fourth-order valence-corrected chi connectivity index (χ4v) is 4.73. The number of pyridine rings is 1. The van der Waals surface area contributed by atoms with Gasteiger partial charge in [0, 0.05) is 30.3 Å². The van der Waals surface area contributed by atoms with Crippen LogP contribution >= 0.6 is 0 Å². The van der Waals surface area contributed by atoms with Crippen molar-refractivity contribution in [1.29, 1.82) is 0 Å². The van der Waals surface area contributed by atoms with Crippen molar-refractivity contribution in [2.45, 2.75) is 32.4 Å². The minimum Gasteiger partial charge on any atom is -0.358 e. The number of hydrogen-bond donors (Lipinski definition) is 0. The first-order valence-corrected chi connectivity index (χ1v) is 11.3. The zero-order chi connectivity index (χ0) is 23.2. The summed E-state index contributed by atoms with van der Waals surface area (Å²) in [5, 5.41) is 12.5. The molecule has 9 heteroatoms. The average Bonchev–Trinajstić information content (AvgIpc) is 3.43. The Bertz CT molecular complexity index is 1550. The number of rotatable bonds is 4. The molecule has 0 aliphatic carbocycles. The largest absolute Gasteiger partial charge is 0.358 e. The monoisotopic (exact) mass is 454 g/mol. The number of hydrogen-bond acceptors (Lipinski definition) is 6. The van der Waals surface area contributed by atoms with Gasteiger partial charge in [-0.25, -0.2) is 9.97 Å². The molecule has 0 bridgehead atoms. The lowest BCUT2D eigenvalue weighted by Gasteiger charge is -2.24. The summed E-state index contributed by atoms with van der Waals surface area (Å²) in [7, 11) is 0. The number of aryl methyl sites for hydroxylation is 1. The Labute approximate surface area is 194 Å². The number of fused-ring (bicyclic) bond motifs is 2. The van der Waals surface area contributed by atoms with E-state index in [4.69, 9.17) is 9.72 Å². The molecule has 4 aromatic heterocycles. The minimum atomic E-state index is -0.329. The molecule has 1 aliphatic rings. The number of aromatic nitrogens is 5. The summed E-state index contributed by atoms with van der Waals surface area (Å²) in [5.41, 5.74) is 4.72. The van der Waals surface area contributed by atoms with Crippen molar-refractivity contribution in [3.63, 3.8) is 0 Å². The molecular weight excluding hydrogens is 432 g/mol. The van der Waals surface area contributed by atoms with Gasteiger partial charge in [0.2, 0.25) is 5.78 Å². The summed E-state index contributed by atoms with van der Waals surface area (Å²) in [6, 6.07) is 13.4. The fourth-order valence-electron chi connectivity index (χ4n) is 4.73. The molecule has 1 unspecified atom stereocenters. The van der Waals surface area contributed by atoms with Crippen LogP contribution in [0.4, 0.5) is 5.69 Å². The number of imidazole rings is 1. The average molecular weight is 454 g/mol. The van der Waals surface area contributed by atoms with E-state index in [1.807, 2.05) is 64.6 Å². The Hall–Kier alpha value is -4.11. The molecule has 5 aromatic rings. The van der Waals surface area contributed by atoms with E-state index < -0.39 is 0 Å². The van der Waals surface area contributed by atoms with E-state index in [1.165, 1.54) is 0 Å². The second-order valence-electron chi connectivity index (χ2n) is 8.49. The predicted molar refractivity (Wildman–Crippen MR) is 127 cm³/mol.